The van der Waals surface area contributed by atoms with Gasteiger partial charge in [-0.1, -0.05) is 24.3 Å². The molecule has 0 aliphatic rings. The minimum atomic E-state index is -0.133. The Kier molecular flexibility index (Phi) is 7.74. The second-order valence-electron chi connectivity index (χ2n) is 3.81. The van der Waals surface area contributed by atoms with Crippen LogP contribution in [0, 0.1) is 5.82 Å². The molecule has 19 heavy (non-hydrogen) atoms. The maximum atomic E-state index is 13.4. The van der Waals surface area contributed by atoms with Crippen LogP contribution in [0.2, 0.25) is 0 Å². The van der Waals surface area contributed by atoms with Crippen molar-refractivity contribution >= 4 is 17.7 Å². The van der Waals surface area contributed by atoms with Crippen molar-refractivity contribution in [3.8, 4) is 0 Å². The fourth-order valence-corrected chi connectivity index (χ4v) is 2.27. The van der Waals surface area contributed by atoms with Crippen LogP contribution < -0.4 is 10.6 Å². The first-order valence-electron chi connectivity index (χ1n) is 6.14. The van der Waals surface area contributed by atoms with Crippen molar-refractivity contribution in [2.24, 2.45) is 4.99 Å². The van der Waals surface area contributed by atoms with Crippen LogP contribution in [0.15, 0.2) is 41.9 Å². The molecule has 0 spiro atoms. The van der Waals surface area contributed by atoms with Crippen molar-refractivity contribution in [2.75, 3.05) is 25.9 Å². The lowest BCUT2D eigenvalue weighted by Gasteiger charge is -2.10. The molecule has 3 nitrogen and oxygen atoms in total. The van der Waals surface area contributed by atoms with Crippen LogP contribution in [0.4, 0.5) is 4.39 Å². The predicted molar refractivity (Wildman–Crippen MR) is 82.1 cm³/mol. The summed E-state index contributed by atoms with van der Waals surface area (Å²) in [5.41, 5.74) is 0.752. The molecule has 0 aliphatic heterocycles. The normalized spacial score (nSPS) is 11.2. The summed E-state index contributed by atoms with van der Waals surface area (Å²) in [4.78, 5) is 4.07. The van der Waals surface area contributed by atoms with Gasteiger partial charge < -0.3 is 10.6 Å². The first kappa shape index (κ1) is 15.6. The number of nitrogens with one attached hydrogen (secondary N) is 2. The maximum Gasteiger partial charge on any atom is 0.191 e. The highest BCUT2D eigenvalue weighted by atomic mass is 32.2. The summed E-state index contributed by atoms with van der Waals surface area (Å²) in [6.07, 6.45) is 1.78. The number of halogens is 1. The molecule has 0 saturated carbocycles. The standard InChI is InChI=1S/C14H20FN3S/c1-3-8-17-14(16-2)18-9-10-19-11-12-6-4-5-7-13(12)15/h3-7H,1,8-11H2,2H3,(H2,16,17,18). The third-order valence-corrected chi connectivity index (χ3v) is 3.40. The molecule has 1 rings (SSSR count). The quantitative estimate of drug-likeness (QED) is 0.349. The van der Waals surface area contributed by atoms with Gasteiger partial charge in [0.2, 0.25) is 0 Å². The Morgan fingerprint density at radius 3 is 2.89 bits per heavy atom. The number of thioether (sulfide) groups is 1. The van der Waals surface area contributed by atoms with Gasteiger partial charge >= 0.3 is 0 Å². The van der Waals surface area contributed by atoms with E-state index in [9.17, 15) is 4.39 Å². The number of hydrogen-bond acceptors (Lipinski definition) is 2. The van der Waals surface area contributed by atoms with Crippen molar-refractivity contribution in [3.05, 3.63) is 48.3 Å². The smallest absolute Gasteiger partial charge is 0.191 e. The Hall–Kier alpha value is -1.49. The Balaban J connectivity index is 2.17. The average Bonchev–Trinajstić information content (AvgIpc) is 2.43. The van der Waals surface area contributed by atoms with Gasteiger partial charge in [-0.2, -0.15) is 11.8 Å². The van der Waals surface area contributed by atoms with Crippen LogP contribution in [-0.4, -0.2) is 31.8 Å². The molecule has 0 unspecified atom stereocenters. The van der Waals surface area contributed by atoms with E-state index in [1.165, 1.54) is 6.07 Å². The van der Waals surface area contributed by atoms with E-state index in [0.29, 0.717) is 12.3 Å². The fourth-order valence-electron chi connectivity index (χ4n) is 1.43. The molecule has 104 valence electrons. The lowest BCUT2D eigenvalue weighted by atomic mass is 10.2. The third kappa shape index (κ3) is 6.29. The van der Waals surface area contributed by atoms with Gasteiger partial charge in [0.25, 0.3) is 0 Å². The highest BCUT2D eigenvalue weighted by molar-refractivity contribution is 7.98. The van der Waals surface area contributed by atoms with Crippen molar-refractivity contribution < 1.29 is 4.39 Å². The summed E-state index contributed by atoms with van der Waals surface area (Å²) in [7, 11) is 1.73. The molecule has 0 heterocycles. The zero-order valence-corrected chi connectivity index (χ0v) is 12.0. The van der Waals surface area contributed by atoms with E-state index in [1.54, 1.807) is 31.0 Å². The molecule has 1 aromatic carbocycles. The van der Waals surface area contributed by atoms with Gasteiger partial charge in [0, 0.05) is 31.6 Å². The van der Waals surface area contributed by atoms with Gasteiger partial charge in [-0.15, -0.1) is 6.58 Å². The Morgan fingerprint density at radius 2 is 2.21 bits per heavy atom. The lowest BCUT2D eigenvalue weighted by molar-refractivity contribution is 0.617. The highest BCUT2D eigenvalue weighted by Crippen LogP contribution is 2.14. The molecular formula is C14H20FN3S. The number of benzene rings is 1. The summed E-state index contributed by atoms with van der Waals surface area (Å²) >= 11 is 1.69. The minimum Gasteiger partial charge on any atom is -0.356 e. The Morgan fingerprint density at radius 1 is 1.42 bits per heavy atom. The number of rotatable bonds is 7. The van der Waals surface area contributed by atoms with E-state index in [0.717, 1.165) is 23.8 Å². The van der Waals surface area contributed by atoms with E-state index >= 15 is 0 Å². The van der Waals surface area contributed by atoms with Gasteiger partial charge in [0.1, 0.15) is 5.82 Å². The van der Waals surface area contributed by atoms with Gasteiger partial charge in [0.15, 0.2) is 5.96 Å². The van der Waals surface area contributed by atoms with Crippen LogP contribution in [0.25, 0.3) is 0 Å². The van der Waals surface area contributed by atoms with Crippen molar-refractivity contribution in [3.63, 3.8) is 0 Å². The number of aliphatic imine (C=N–C) groups is 1. The van der Waals surface area contributed by atoms with E-state index in [1.807, 2.05) is 12.1 Å². The zero-order valence-electron chi connectivity index (χ0n) is 11.2. The fraction of sp³-hybridized carbons (Fsp3) is 0.357. The predicted octanol–water partition coefficient (Wildman–Crippen LogP) is 2.41. The van der Waals surface area contributed by atoms with E-state index in [4.69, 9.17) is 0 Å². The molecule has 0 saturated heterocycles. The Bertz CT molecular complexity index is 421. The summed E-state index contributed by atoms with van der Waals surface area (Å²) < 4.78 is 13.4. The molecule has 2 N–H and O–H groups in total. The minimum absolute atomic E-state index is 0.133. The zero-order chi connectivity index (χ0) is 13.9. The molecule has 1 aromatic rings. The largest absolute Gasteiger partial charge is 0.356 e. The monoisotopic (exact) mass is 281 g/mol. The summed E-state index contributed by atoms with van der Waals surface area (Å²) in [5, 5.41) is 6.27. The first-order chi connectivity index (χ1) is 9.27. The van der Waals surface area contributed by atoms with E-state index < -0.39 is 0 Å². The summed E-state index contributed by atoms with van der Waals surface area (Å²) in [6, 6.07) is 6.88. The molecule has 5 heteroatoms. The molecule has 0 amide bonds. The highest BCUT2D eigenvalue weighted by Gasteiger charge is 2.00. The van der Waals surface area contributed by atoms with Crippen LogP contribution >= 0.6 is 11.8 Å². The number of guanidine groups is 1. The van der Waals surface area contributed by atoms with E-state index in [2.05, 4.69) is 22.2 Å². The summed E-state index contributed by atoms with van der Waals surface area (Å²) in [6.45, 7) is 5.10. The molecular weight excluding hydrogens is 261 g/mol. The first-order valence-corrected chi connectivity index (χ1v) is 7.30. The van der Waals surface area contributed by atoms with Crippen LogP contribution in [-0.2, 0) is 5.75 Å². The van der Waals surface area contributed by atoms with Crippen molar-refractivity contribution in [2.45, 2.75) is 5.75 Å². The van der Waals surface area contributed by atoms with Crippen molar-refractivity contribution in [1.82, 2.24) is 10.6 Å². The number of hydrogen-bond donors (Lipinski definition) is 2. The lowest BCUT2D eigenvalue weighted by Crippen LogP contribution is -2.38. The second kappa shape index (κ2) is 9.44. The topological polar surface area (TPSA) is 36.4 Å². The second-order valence-corrected chi connectivity index (χ2v) is 4.92. The molecule has 0 aliphatic carbocycles. The van der Waals surface area contributed by atoms with Crippen LogP contribution in [0.1, 0.15) is 5.56 Å². The van der Waals surface area contributed by atoms with Gasteiger partial charge in [-0.25, -0.2) is 4.39 Å². The van der Waals surface area contributed by atoms with Gasteiger partial charge in [0.05, 0.1) is 0 Å². The van der Waals surface area contributed by atoms with E-state index in [-0.39, 0.29) is 5.82 Å². The van der Waals surface area contributed by atoms with Gasteiger partial charge in [-0.05, 0) is 11.6 Å². The molecule has 0 atom stereocenters. The van der Waals surface area contributed by atoms with Crippen LogP contribution in [0.5, 0.6) is 0 Å². The summed E-state index contributed by atoms with van der Waals surface area (Å²) in [5.74, 6) is 2.20. The van der Waals surface area contributed by atoms with Crippen LogP contribution in [0.3, 0.4) is 0 Å². The number of nitrogens with zero attached hydrogens (tertiary/aromatic N) is 1. The maximum absolute atomic E-state index is 13.4. The SMILES string of the molecule is C=CCNC(=NC)NCCSCc1ccccc1F. The third-order valence-electron chi connectivity index (χ3n) is 2.39. The molecule has 0 radical (unpaired) electrons. The molecule has 0 bridgehead atoms. The molecule has 0 aromatic heterocycles. The molecule has 0 fully saturated rings. The van der Waals surface area contributed by atoms with Crippen molar-refractivity contribution in [1.29, 1.82) is 0 Å². The Labute approximate surface area is 118 Å². The average molecular weight is 281 g/mol. The van der Waals surface area contributed by atoms with Gasteiger partial charge in [-0.3, -0.25) is 4.99 Å².